The number of aromatic amines is 1. The topological polar surface area (TPSA) is 79.7 Å². The molecule has 0 unspecified atom stereocenters. The quantitative estimate of drug-likeness (QED) is 0.352. The van der Waals surface area contributed by atoms with Gasteiger partial charge in [-0.05, 0) is 64.7 Å². The average molecular weight is 483 g/mol. The van der Waals surface area contributed by atoms with Crippen molar-refractivity contribution < 1.29 is 4.39 Å². The predicted octanol–water partition coefficient (Wildman–Crippen LogP) is 4.52. The molecule has 0 bridgehead atoms. The normalized spacial score (nSPS) is 11.4. The van der Waals surface area contributed by atoms with Crippen LogP contribution < -0.4 is 5.56 Å². The summed E-state index contributed by atoms with van der Waals surface area (Å²) in [6.45, 7) is 5.88. The lowest BCUT2D eigenvalue weighted by molar-refractivity contribution is 0.236. The van der Waals surface area contributed by atoms with Crippen molar-refractivity contribution in [2.45, 2.75) is 40.0 Å². The minimum atomic E-state index is -0.283. The lowest BCUT2D eigenvalue weighted by atomic mass is 10.0. The fourth-order valence-corrected chi connectivity index (χ4v) is 4.41. The van der Waals surface area contributed by atoms with Crippen LogP contribution >= 0.6 is 0 Å². The molecule has 0 aliphatic rings. The highest BCUT2D eigenvalue weighted by Crippen LogP contribution is 2.21. The van der Waals surface area contributed by atoms with E-state index in [1.165, 1.54) is 12.1 Å². The van der Waals surface area contributed by atoms with Gasteiger partial charge in [0.15, 0.2) is 5.82 Å². The fraction of sp³-hybridized carbons (Fsp3) is 0.214. The molecule has 2 heterocycles. The van der Waals surface area contributed by atoms with E-state index in [4.69, 9.17) is 0 Å². The van der Waals surface area contributed by atoms with Crippen molar-refractivity contribution >= 4 is 10.9 Å². The van der Waals surface area contributed by atoms with Gasteiger partial charge >= 0.3 is 0 Å². The van der Waals surface area contributed by atoms with Crippen molar-refractivity contribution in [1.82, 2.24) is 30.1 Å². The Morgan fingerprint density at radius 2 is 1.64 bits per heavy atom. The molecule has 0 radical (unpaired) electrons. The van der Waals surface area contributed by atoms with Gasteiger partial charge in [-0.2, -0.15) is 0 Å². The molecule has 2 aromatic heterocycles. The van der Waals surface area contributed by atoms with Crippen LogP contribution in [-0.4, -0.2) is 30.1 Å². The first-order valence-corrected chi connectivity index (χ1v) is 11.8. The summed E-state index contributed by atoms with van der Waals surface area (Å²) in [6, 6.07) is 22.5. The smallest absolute Gasteiger partial charge is 0.252 e. The molecule has 36 heavy (non-hydrogen) atoms. The maximum absolute atomic E-state index is 13.5. The number of hydrogen-bond acceptors (Lipinski definition) is 5. The standard InChI is InChI=1S/C28H27FN6O/c1-19-8-9-20(2)27-25(19)14-23(28(36)30-27)17-34(15-22-10-12-24(29)13-11-22)18-26-31-32-33-35(26)16-21-6-4-3-5-7-21/h3-14H,15-18H2,1-2H3,(H,30,36). The molecule has 3 aromatic carbocycles. The van der Waals surface area contributed by atoms with Crippen molar-refractivity contribution in [3.63, 3.8) is 0 Å². The van der Waals surface area contributed by atoms with E-state index in [-0.39, 0.29) is 11.4 Å². The molecule has 0 amide bonds. The third-order valence-electron chi connectivity index (χ3n) is 6.38. The summed E-state index contributed by atoms with van der Waals surface area (Å²) in [4.78, 5) is 18.2. The van der Waals surface area contributed by atoms with Gasteiger partial charge in [0.25, 0.3) is 5.56 Å². The van der Waals surface area contributed by atoms with E-state index in [2.05, 4.69) is 31.5 Å². The molecule has 0 saturated carbocycles. The highest BCUT2D eigenvalue weighted by Gasteiger charge is 2.17. The average Bonchev–Trinajstić information content (AvgIpc) is 3.30. The summed E-state index contributed by atoms with van der Waals surface area (Å²) >= 11 is 0. The Bertz CT molecular complexity index is 1540. The van der Waals surface area contributed by atoms with Crippen molar-refractivity contribution in [2.75, 3.05) is 0 Å². The van der Waals surface area contributed by atoms with Gasteiger partial charge in [-0.1, -0.05) is 54.6 Å². The van der Waals surface area contributed by atoms with E-state index in [0.717, 1.165) is 33.2 Å². The molecule has 7 nitrogen and oxygen atoms in total. The second-order valence-electron chi connectivity index (χ2n) is 9.12. The number of aromatic nitrogens is 5. The summed E-state index contributed by atoms with van der Waals surface area (Å²) in [5.41, 5.74) is 5.55. The van der Waals surface area contributed by atoms with E-state index in [0.29, 0.717) is 37.6 Å². The maximum atomic E-state index is 13.5. The predicted molar refractivity (Wildman–Crippen MR) is 137 cm³/mol. The number of pyridine rings is 1. The van der Waals surface area contributed by atoms with Crippen LogP contribution in [0, 0.1) is 19.7 Å². The Kier molecular flexibility index (Phi) is 6.69. The van der Waals surface area contributed by atoms with E-state index in [9.17, 15) is 9.18 Å². The van der Waals surface area contributed by atoms with Gasteiger partial charge in [0.05, 0.1) is 18.6 Å². The molecule has 5 rings (SSSR count). The Balaban J connectivity index is 1.47. The SMILES string of the molecule is Cc1ccc(C)c2[nH]c(=O)c(CN(Cc3ccc(F)cc3)Cc3nnnn3Cc3ccccc3)cc12. The van der Waals surface area contributed by atoms with E-state index >= 15 is 0 Å². The molecule has 0 fully saturated rings. The number of H-pyrrole nitrogens is 1. The number of nitrogens with zero attached hydrogens (tertiary/aromatic N) is 5. The van der Waals surface area contributed by atoms with Crippen molar-refractivity contribution in [3.8, 4) is 0 Å². The van der Waals surface area contributed by atoms with E-state index in [1.807, 2.05) is 56.3 Å². The Hall–Kier alpha value is -4.17. The Labute approximate surface area is 208 Å². The number of hydrogen-bond donors (Lipinski definition) is 1. The summed E-state index contributed by atoms with van der Waals surface area (Å²) in [5.74, 6) is 0.402. The summed E-state index contributed by atoms with van der Waals surface area (Å²) in [7, 11) is 0. The molecule has 0 saturated heterocycles. The number of nitrogens with one attached hydrogen (secondary N) is 1. The maximum Gasteiger partial charge on any atom is 0.252 e. The van der Waals surface area contributed by atoms with Gasteiger partial charge in [0, 0.05) is 24.0 Å². The number of halogens is 1. The number of benzene rings is 3. The van der Waals surface area contributed by atoms with Crippen LogP contribution in [0.4, 0.5) is 4.39 Å². The van der Waals surface area contributed by atoms with E-state index in [1.54, 1.807) is 16.8 Å². The zero-order chi connectivity index (χ0) is 25.1. The Morgan fingerprint density at radius 3 is 2.42 bits per heavy atom. The highest BCUT2D eigenvalue weighted by molar-refractivity contribution is 5.85. The van der Waals surface area contributed by atoms with Gasteiger partial charge in [-0.25, -0.2) is 9.07 Å². The fourth-order valence-electron chi connectivity index (χ4n) is 4.41. The molecule has 182 valence electrons. The zero-order valence-corrected chi connectivity index (χ0v) is 20.3. The highest BCUT2D eigenvalue weighted by atomic mass is 19.1. The van der Waals surface area contributed by atoms with Gasteiger partial charge in [-0.3, -0.25) is 9.69 Å². The van der Waals surface area contributed by atoms with Gasteiger partial charge < -0.3 is 4.98 Å². The van der Waals surface area contributed by atoms with Crippen LogP contribution in [0.3, 0.4) is 0 Å². The Morgan fingerprint density at radius 1 is 0.889 bits per heavy atom. The molecule has 0 atom stereocenters. The molecule has 0 aliphatic heterocycles. The minimum absolute atomic E-state index is 0.121. The molecular weight excluding hydrogens is 455 g/mol. The van der Waals surface area contributed by atoms with Gasteiger partial charge in [-0.15, -0.1) is 5.10 Å². The van der Waals surface area contributed by atoms with Crippen LogP contribution in [0.2, 0.25) is 0 Å². The molecule has 1 N–H and O–H groups in total. The number of rotatable bonds is 8. The third-order valence-corrected chi connectivity index (χ3v) is 6.38. The number of fused-ring (bicyclic) bond motifs is 1. The van der Waals surface area contributed by atoms with E-state index < -0.39 is 0 Å². The number of tetrazole rings is 1. The second kappa shape index (κ2) is 10.2. The first-order chi connectivity index (χ1) is 17.5. The van der Waals surface area contributed by atoms with Crippen LogP contribution in [0.15, 0.2) is 77.6 Å². The van der Waals surface area contributed by atoms with Crippen molar-refractivity contribution in [2.24, 2.45) is 0 Å². The summed E-state index contributed by atoms with van der Waals surface area (Å²) in [6.07, 6.45) is 0. The van der Waals surface area contributed by atoms with Crippen LogP contribution in [0.1, 0.15) is 33.6 Å². The second-order valence-corrected chi connectivity index (χ2v) is 9.12. The van der Waals surface area contributed by atoms with Crippen molar-refractivity contribution in [1.29, 1.82) is 0 Å². The molecule has 0 spiro atoms. The lowest BCUT2D eigenvalue weighted by Crippen LogP contribution is -2.28. The molecule has 5 aromatic rings. The summed E-state index contributed by atoms with van der Waals surface area (Å²) in [5, 5.41) is 13.4. The third kappa shape index (κ3) is 5.23. The zero-order valence-electron chi connectivity index (χ0n) is 20.3. The van der Waals surface area contributed by atoms with Crippen LogP contribution in [-0.2, 0) is 26.2 Å². The summed E-state index contributed by atoms with van der Waals surface area (Å²) < 4.78 is 15.3. The molecular formula is C28H27FN6O. The minimum Gasteiger partial charge on any atom is -0.321 e. The monoisotopic (exact) mass is 482 g/mol. The molecule has 0 aliphatic carbocycles. The van der Waals surface area contributed by atoms with Crippen LogP contribution in [0.5, 0.6) is 0 Å². The van der Waals surface area contributed by atoms with Gasteiger partial charge in [0.2, 0.25) is 0 Å². The first kappa shape index (κ1) is 23.6. The largest absolute Gasteiger partial charge is 0.321 e. The van der Waals surface area contributed by atoms with Gasteiger partial charge in [0.1, 0.15) is 5.82 Å². The lowest BCUT2D eigenvalue weighted by Gasteiger charge is -2.22. The number of aryl methyl sites for hydroxylation is 2. The molecule has 8 heteroatoms. The van der Waals surface area contributed by atoms with Crippen LogP contribution in [0.25, 0.3) is 10.9 Å². The van der Waals surface area contributed by atoms with Crippen molar-refractivity contribution in [3.05, 3.63) is 123 Å². The first-order valence-electron chi connectivity index (χ1n) is 11.8.